The van der Waals surface area contributed by atoms with E-state index in [2.05, 4.69) is 15.0 Å². The van der Waals surface area contributed by atoms with Crippen molar-refractivity contribution in [2.75, 3.05) is 12.8 Å². The third-order valence-electron chi connectivity index (χ3n) is 2.40. The van der Waals surface area contributed by atoms with E-state index in [9.17, 15) is 4.79 Å². The van der Waals surface area contributed by atoms with E-state index in [-0.39, 0.29) is 5.97 Å². The lowest BCUT2D eigenvalue weighted by molar-refractivity contribution is -0.144. The molecule has 0 amide bonds. The topological polar surface area (TPSA) is 83.0 Å². The second-order valence-corrected chi connectivity index (χ2v) is 3.48. The molecule has 0 radical (unpaired) electrons. The van der Waals surface area contributed by atoms with Crippen LogP contribution < -0.4 is 5.73 Å². The Morgan fingerprint density at radius 3 is 3.00 bits per heavy atom. The molecule has 0 spiro atoms. The van der Waals surface area contributed by atoms with Crippen LogP contribution in [0.5, 0.6) is 0 Å². The summed E-state index contributed by atoms with van der Waals surface area (Å²) in [5.41, 5.74) is 7.66. The Labute approximate surface area is 92.0 Å². The molecule has 0 bridgehead atoms. The number of hydrogen-bond donors (Lipinski definition) is 1. The Kier molecular flexibility index (Phi) is 2.47. The highest BCUT2D eigenvalue weighted by Gasteiger charge is 2.18. The highest BCUT2D eigenvalue weighted by atomic mass is 16.5. The minimum atomic E-state index is -0.501. The molecule has 6 nitrogen and oxygen atoms in total. The van der Waals surface area contributed by atoms with Gasteiger partial charge in [-0.15, -0.1) is 5.10 Å². The highest BCUT2D eigenvalue weighted by Crippen LogP contribution is 2.18. The number of nitrogen functional groups attached to an aromatic ring is 1. The lowest BCUT2D eigenvalue weighted by Gasteiger charge is -2.09. The molecule has 6 heteroatoms. The van der Waals surface area contributed by atoms with Crippen molar-refractivity contribution in [2.45, 2.75) is 13.0 Å². The summed E-state index contributed by atoms with van der Waals surface area (Å²) in [5.74, 6) is -0.358. The lowest BCUT2D eigenvalue weighted by atomic mass is 10.2. The number of nitrogens with two attached hydrogens (primary N) is 1. The van der Waals surface area contributed by atoms with Gasteiger partial charge in [0, 0.05) is 5.69 Å². The van der Waals surface area contributed by atoms with Crippen molar-refractivity contribution in [1.82, 2.24) is 15.0 Å². The zero-order valence-electron chi connectivity index (χ0n) is 9.04. The van der Waals surface area contributed by atoms with Crippen LogP contribution in [0.25, 0.3) is 11.0 Å². The van der Waals surface area contributed by atoms with Crippen molar-refractivity contribution >= 4 is 22.7 Å². The average Bonchev–Trinajstić information content (AvgIpc) is 2.69. The summed E-state index contributed by atoms with van der Waals surface area (Å²) in [6.07, 6.45) is 0. The standard InChI is InChI=1S/C10H12N4O2/c1-6(10(15)16-2)14-9-4-3-7(11)5-8(9)12-13-14/h3-6H,11H2,1-2H3/t6-/m1/s1. The Bertz CT molecular complexity index is 535. The lowest BCUT2D eigenvalue weighted by Crippen LogP contribution is -2.18. The van der Waals surface area contributed by atoms with Crippen LogP contribution in [-0.2, 0) is 9.53 Å². The fourth-order valence-corrected chi connectivity index (χ4v) is 1.52. The van der Waals surface area contributed by atoms with E-state index in [1.165, 1.54) is 11.8 Å². The molecule has 0 aliphatic carbocycles. The molecule has 16 heavy (non-hydrogen) atoms. The number of carbonyl (C=O) groups is 1. The number of benzene rings is 1. The maximum Gasteiger partial charge on any atom is 0.330 e. The van der Waals surface area contributed by atoms with Gasteiger partial charge in [0.15, 0.2) is 0 Å². The zero-order valence-corrected chi connectivity index (χ0v) is 9.04. The van der Waals surface area contributed by atoms with Gasteiger partial charge in [-0.3, -0.25) is 0 Å². The summed E-state index contributed by atoms with van der Waals surface area (Å²) in [6, 6.07) is 4.73. The maximum absolute atomic E-state index is 11.4. The number of rotatable bonds is 2. The van der Waals surface area contributed by atoms with Crippen molar-refractivity contribution < 1.29 is 9.53 Å². The molecule has 2 rings (SSSR count). The monoisotopic (exact) mass is 220 g/mol. The zero-order chi connectivity index (χ0) is 11.7. The number of fused-ring (bicyclic) bond motifs is 1. The van der Waals surface area contributed by atoms with Crippen LogP contribution in [0.3, 0.4) is 0 Å². The van der Waals surface area contributed by atoms with Crippen molar-refractivity contribution in [2.24, 2.45) is 0 Å². The largest absolute Gasteiger partial charge is 0.467 e. The minimum absolute atomic E-state index is 0.358. The van der Waals surface area contributed by atoms with Crippen LogP contribution in [-0.4, -0.2) is 28.1 Å². The molecule has 0 fully saturated rings. The molecule has 1 atom stereocenters. The van der Waals surface area contributed by atoms with E-state index in [0.29, 0.717) is 11.2 Å². The predicted molar refractivity (Wildman–Crippen MR) is 58.7 cm³/mol. The smallest absolute Gasteiger partial charge is 0.330 e. The van der Waals surface area contributed by atoms with Crippen molar-refractivity contribution in [3.8, 4) is 0 Å². The van der Waals surface area contributed by atoms with Crippen LogP contribution in [0.2, 0.25) is 0 Å². The van der Waals surface area contributed by atoms with Crippen molar-refractivity contribution in [3.63, 3.8) is 0 Å². The molecule has 2 N–H and O–H groups in total. The molecular weight excluding hydrogens is 208 g/mol. The van der Waals surface area contributed by atoms with Crippen LogP contribution >= 0.6 is 0 Å². The van der Waals surface area contributed by atoms with Gasteiger partial charge >= 0.3 is 5.97 Å². The molecular formula is C10H12N4O2. The summed E-state index contributed by atoms with van der Waals surface area (Å²) in [6.45, 7) is 1.70. The normalized spacial score (nSPS) is 12.6. The quantitative estimate of drug-likeness (QED) is 0.596. The molecule has 0 aliphatic heterocycles. The van der Waals surface area contributed by atoms with Gasteiger partial charge in [0.1, 0.15) is 11.6 Å². The van der Waals surface area contributed by atoms with Crippen molar-refractivity contribution in [3.05, 3.63) is 18.2 Å². The van der Waals surface area contributed by atoms with Gasteiger partial charge in [-0.25, -0.2) is 9.48 Å². The SMILES string of the molecule is COC(=O)[C@@H](C)n1nnc2cc(N)ccc21. The molecule has 0 unspecified atom stereocenters. The Hall–Kier alpha value is -2.11. The van der Waals surface area contributed by atoms with E-state index < -0.39 is 6.04 Å². The molecule has 0 saturated heterocycles. The fraction of sp³-hybridized carbons (Fsp3) is 0.300. The van der Waals surface area contributed by atoms with E-state index in [0.717, 1.165) is 5.52 Å². The van der Waals surface area contributed by atoms with E-state index in [1.807, 2.05) is 0 Å². The highest BCUT2D eigenvalue weighted by molar-refractivity contribution is 5.81. The van der Waals surface area contributed by atoms with Gasteiger partial charge in [-0.2, -0.15) is 0 Å². The van der Waals surface area contributed by atoms with Crippen LogP contribution in [0.1, 0.15) is 13.0 Å². The van der Waals surface area contributed by atoms with Crippen LogP contribution in [0, 0.1) is 0 Å². The number of anilines is 1. The van der Waals surface area contributed by atoms with Crippen molar-refractivity contribution in [1.29, 1.82) is 0 Å². The van der Waals surface area contributed by atoms with Gasteiger partial charge < -0.3 is 10.5 Å². The first-order valence-electron chi connectivity index (χ1n) is 4.81. The number of nitrogens with zero attached hydrogens (tertiary/aromatic N) is 3. The Morgan fingerprint density at radius 2 is 2.31 bits per heavy atom. The number of esters is 1. The molecule has 0 saturated carbocycles. The third-order valence-corrected chi connectivity index (χ3v) is 2.40. The van der Waals surface area contributed by atoms with Gasteiger partial charge in [0.2, 0.25) is 0 Å². The summed E-state index contributed by atoms with van der Waals surface area (Å²) >= 11 is 0. The summed E-state index contributed by atoms with van der Waals surface area (Å²) in [7, 11) is 1.34. The van der Waals surface area contributed by atoms with Gasteiger partial charge in [-0.05, 0) is 25.1 Å². The summed E-state index contributed by atoms with van der Waals surface area (Å²) in [5, 5.41) is 7.86. The van der Waals surface area contributed by atoms with Crippen LogP contribution in [0.4, 0.5) is 5.69 Å². The first-order valence-corrected chi connectivity index (χ1v) is 4.81. The molecule has 84 valence electrons. The molecule has 1 aromatic carbocycles. The third kappa shape index (κ3) is 1.58. The van der Waals surface area contributed by atoms with Gasteiger partial charge in [0.05, 0.1) is 12.6 Å². The second-order valence-electron chi connectivity index (χ2n) is 3.48. The molecule has 1 aromatic heterocycles. The minimum Gasteiger partial charge on any atom is -0.467 e. The van der Waals surface area contributed by atoms with Gasteiger partial charge in [0.25, 0.3) is 0 Å². The number of aromatic nitrogens is 3. The van der Waals surface area contributed by atoms with E-state index >= 15 is 0 Å². The van der Waals surface area contributed by atoms with Gasteiger partial charge in [-0.1, -0.05) is 5.21 Å². The van der Waals surface area contributed by atoms with Crippen LogP contribution in [0.15, 0.2) is 18.2 Å². The average molecular weight is 220 g/mol. The molecule has 0 aliphatic rings. The van der Waals surface area contributed by atoms with E-state index in [4.69, 9.17) is 5.73 Å². The summed E-state index contributed by atoms with van der Waals surface area (Å²) in [4.78, 5) is 11.4. The molecule has 2 aromatic rings. The number of hydrogen-bond acceptors (Lipinski definition) is 5. The fourth-order valence-electron chi connectivity index (χ4n) is 1.52. The number of carbonyl (C=O) groups excluding carboxylic acids is 1. The number of ether oxygens (including phenoxy) is 1. The Morgan fingerprint density at radius 1 is 1.56 bits per heavy atom. The number of methoxy groups -OCH3 is 1. The Balaban J connectivity index is 2.50. The maximum atomic E-state index is 11.4. The second kappa shape index (κ2) is 3.80. The first-order chi connectivity index (χ1) is 7.63. The first kappa shape index (κ1) is 10.4. The summed E-state index contributed by atoms with van der Waals surface area (Å²) < 4.78 is 6.17. The van der Waals surface area contributed by atoms with E-state index in [1.54, 1.807) is 25.1 Å². The predicted octanol–water partition coefficient (Wildman–Crippen LogP) is 0.747. The molecule has 1 heterocycles.